The number of nitrogens with one attached hydrogen (secondary N) is 1. The highest BCUT2D eigenvalue weighted by Gasteiger charge is 2.05. The van der Waals surface area contributed by atoms with Gasteiger partial charge in [-0.15, -0.1) is 0 Å². The molecule has 2 aromatic rings. The lowest BCUT2D eigenvalue weighted by molar-refractivity contribution is 0.625. The molecule has 0 amide bonds. The number of pyridine rings is 1. The largest absolute Gasteiger partial charge is 0.378 e. The Labute approximate surface area is 113 Å². The van der Waals surface area contributed by atoms with E-state index >= 15 is 0 Å². The van der Waals surface area contributed by atoms with Crippen LogP contribution in [0.3, 0.4) is 0 Å². The van der Waals surface area contributed by atoms with E-state index in [0.717, 1.165) is 22.5 Å². The quantitative estimate of drug-likeness (QED) is 0.914. The number of rotatable bonds is 4. The molecule has 0 fully saturated rings. The van der Waals surface area contributed by atoms with E-state index in [4.69, 9.17) is 0 Å². The predicted molar refractivity (Wildman–Crippen MR) is 77.0 cm³/mol. The number of aryl methyl sites for hydroxylation is 1. The molecule has 0 aliphatic heterocycles. The number of halogens is 1. The molecule has 0 aliphatic rings. The molecule has 0 bridgehead atoms. The van der Waals surface area contributed by atoms with Crippen LogP contribution in [0.4, 0.5) is 15.8 Å². The van der Waals surface area contributed by atoms with Crippen molar-refractivity contribution in [2.75, 3.05) is 24.3 Å². The Morgan fingerprint density at radius 2 is 2.05 bits per heavy atom. The molecule has 1 aromatic carbocycles. The molecule has 3 nitrogen and oxygen atoms in total. The van der Waals surface area contributed by atoms with E-state index in [9.17, 15) is 4.39 Å². The highest BCUT2D eigenvalue weighted by molar-refractivity contribution is 5.68. The molecular weight excluding hydrogens is 241 g/mol. The van der Waals surface area contributed by atoms with Gasteiger partial charge in [0.2, 0.25) is 0 Å². The number of nitrogens with zero attached hydrogens (tertiary/aromatic N) is 2. The molecule has 0 unspecified atom stereocenters. The first-order chi connectivity index (χ1) is 9.08. The normalized spacial score (nSPS) is 10.3. The summed E-state index contributed by atoms with van der Waals surface area (Å²) in [7, 11) is 3.98. The van der Waals surface area contributed by atoms with Gasteiger partial charge in [-0.25, -0.2) is 4.39 Å². The van der Waals surface area contributed by atoms with Crippen molar-refractivity contribution in [3.05, 3.63) is 53.6 Å². The van der Waals surface area contributed by atoms with E-state index in [1.54, 1.807) is 18.5 Å². The Hall–Kier alpha value is -2.10. The SMILES string of the molecule is Cc1cc(F)ccc1CNc1cnccc1N(C)C. The minimum atomic E-state index is -0.198. The summed E-state index contributed by atoms with van der Waals surface area (Å²) in [5, 5.41) is 3.34. The van der Waals surface area contributed by atoms with Crippen LogP contribution in [-0.4, -0.2) is 19.1 Å². The maximum Gasteiger partial charge on any atom is 0.123 e. The molecule has 0 saturated heterocycles. The number of hydrogen-bond donors (Lipinski definition) is 1. The van der Waals surface area contributed by atoms with Gasteiger partial charge in [0, 0.05) is 26.8 Å². The molecule has 0 radical (unpaired) electrons. The van der Waals surface area contributed by atoms with E-state index in [0.29, 0.717) is 6.54 Å². The number of aromatic nitrogens is 1. The lowest BCUT2D eigenvalue weighted by Crippen LogP contribution is -2.12. The first kappa shape index (κ1) is 13.3. The minimum Gasteiger partial charge on any atom is -0.378 e. The molecule has 0 saturated carbocycles. The Morgan fingerprint density at radius 3 is 2.74 bits per heavy atom. The van der Waals surface area contributed by atoms with Gasteiger partial charge in [0.25, 0.3) is 0 Å². The average Bonchev–Trinajstić information content (AvgIpc) is 2.38. The van der Waals surface area contributed by atoms with E-state index < -0.39 is 0 Å². The number of hydrogen-bond acceptors (Lipinski definition) is 3. The zero-order valence-electron chi connectivity index (χ0n) is 11.4. The molecule has 2 rings (SSSR count). The van der Waals surface area contributed by atoms with E-state index in [1.807, 2.05) is 38.1 Å². The van der Waals surface area contributed by atoms with Crippen molar-refractivity contribution in [2.24, 2.45) is 0 Å². The summed E-state index contributed by atoms with van der Waals surface area (Å²) in [5.41, 5.74) is 4.07. The van der Waals surface area contributed by atoms with Gasteiger partial charge in [0.05, 0.1) is 17.6 Å². The van der Waals surface area contributed by atoms with Crippen LogP contribution in [0.15, 0.2) is 36.7 Å². The monoisotopic (exact) mass is 259 g/mol. The van der Waals surface area contributed by atoms with Gasteiger partial charge in [-0.05, 0) is 36.2 Å². The van der Waals surface area contributed by atoms with Gasteiger partial charge < -0.3 is 10.2 Å². The van der Waals surface area contributed by atoms with Gasteiger partial charge in [-0.2, -0.15) is 0 Å². The molecule has 19 heavy (non-hydrogen) atoms. The summed E-state index contributed by atoms with van der Waals surface area (Å²) in [6.07, 6.45) is 3.57. The maximum absolute atomic E-state index is 13.0. The molecule has 4 heteroatoms. The van der Waals surface area contributed by atoms with Crippen LogP contribution >= 0.6 is 0 Å². The van der Waals surface area contributed by atoms with Gasteiger partial charge in [0.15, 0.2) is 0 Å². The molecular formula is C15H18FN3. The van der Waals surface area contributed by atoms with Gasteiger partial charge in [-0.1, -0.05) is 6.07 Å². The molecule has 1 N–H and O–H groups in total. The summed E-state index contributed by atoms with van der Waals surface area (Å²) >= 11 is 0. The molecule has 0 atom stereocenters. The van der Waals surface area contributed by atoms with Crippen LogP contribution < -0.4 is 10.2 Å². The smallest absolute Gasteiger partial charge is 0.123 e. The van der Waals surface area contributed by atoms with Crippen molar-refractivity contribution in [1.29, 1.82) is 0 Å². The van der Waals surface area contributed by atoms with Crippen molar-refractivity contribution < 1.29 is 4.39 Å². The maximum atomic E-state index is 13.0. The van der Waals surface area contributed by atoms with Gasteiger partial charge >= 0.3 is 0 Å². The summed E-state index contributed by atoms with van der Waals surface area (Å²) in [5.74, 6) is -0.198. The molecule has 1 heterocycles. The van der Waals surface area contributed by atoms with Crippen molar-refractivity contribution in [3.63, 3.8) is 0 Å². The highest BCUT2D eigenvalue weighted by atomic mass is 19.1. The van der Waals surface area contributed by atoms with E-state index in [-0.39, 0.29) is 5.82 Å². The molecule has 0 spiro atoms. The number of benzene rings is 1. The second-order valence-corrected chi connectivity index (χ2v) is 4.71. The van der Waals surface area contributed by atoms with Gasteiger partial charge in [0.1, 0.15) is 5.82 Å². The van der Waals surface area contributed by atoms with Crippen LogP contribution in [0.2, 0.25) is 0 Å². The summed E-state index contributed by atoms with van der Waals surface area (Å²) in [6.45, 7) is 2.56. The second-order valence-electron chi connectivity index (χ2n) is 4.71. The number of anilines is 2. The van der Waals surface area contributed by atoms with Crippen molar-refractivity contribution in [1.82, 2.24) is 4.98 Å². The summed E-state index contributed by atoms with van der Waals surface area (Å²) in [6, 6.07) is 6.80. The average molecular weight is 259 g/mol. The fourth-order valence-electron chi connectivity index (χ4n) is 1.96. The lowest BCUT2D eigenvalue weighted by atomic mass is 10.1. The molecule has 100 valence electrons. The van der Waals surface area contributed by atoms with E-state index in [2.05, 4.69) is 10.3 Å². The third-order valence-electron chi connectivity index (χ3n) is 3.05. The minimum absolute atomic E-state index is 0.198. The molecule has 1 aromatic heterocycles. The zero-order chi connectivity index (χ0) is 13.8. The Balaban J connectivity index is 2.14. The zero-order valence-corrected chi connectivity index (χ0v) is 11.4. The lowest BCUT2D eigenvalue weighted by Gasteiger charge is -2.18. The van der Waals surface area contributed by atoms with Crippen molar-refractivity contribution >= 4 is 11.4 Å². The Kier molecular flexibility index (Phi) is 4.00. The second kappa shape index (κ2) is 5.69. The molecule has 0 aliphatic carbocycles. The predicted octanol–water partition coefficient (Wildman–Crippen LogP) is 3.21. The van der Waals surface area contributed by atoms with Crippen LogP contribution in [0.5, 0.6) is 0 Å². The van der Waals surface area contributed by atoms with Crippen LogP contribution in [-0.2, 0) is 6.54 Å². The highest BCUT2D eigenvalue weighted by Crippen LogP contribution is 2.23. The van der Waals surface area contributed by atoms with Crippen LogP contribution in [0.25, 0.3) is 0 Å². The summed E-state index contributed by atoms with van der Waals surface area (Å²) in [4.78, 5) is 6.16. The Morgan fingerprint density at radius 1 is 1.26 bits per heavy atom. The van der Waals surface area contributed by atoms with Crippen LogP contribution in [0.1, 0.15) is 11.1 Å². The third kappa shape index (κ3) is 3.22. The van der Waals surface area contributed by atoms with Gasteiger partial charge in [-0.3, -0.25) is 4.98 Å². The third-order valence-corrected chi connectivity index (χ3v) is 3.05. The van der Waals surface area contributed by atoms with Crippen LogP contribution in [0, 0.1) is 12.7 Å². The standard InChI is InChI=1S/C15H18FN3/c1-11-8-13(16)5-4-12(11)9-18-14-10-17-7-6-15(14)19(2)3/h4-8,10,18H,9H2,1-3H3. The van der Waals surface area contributed by atoms with Crippen molar-refractivity contribution in [2.45, 2.75) is 13.5 Å². The first-order valence-electron chi connectivity index (χ1n) is 6.18. The Bertz CT molecular complexity index is 567. The topological polar surface area (TPSA) is 28.2 Å². The van der Waals surface area contributed by atoms with Crippen molar-refractivity contribution in [3.8, 4) is 0 Å². The van der Waals surface area contributed by atoms with E-state index in [1.165, 1.54) is 6.07 Å². The fourth-order valence-corrected chi connectivity index (χ4v) is 1.96. The fraction of sp³-hybridized carbons (Fsp3) is 0.267. The summed E-state index contributed by atoms with van der Waals surface area (Å²) < 4.78 is 13.0. The first-order valence-corrected chi connectivity index (χ1v) is 6.18.